The van der Waals surface area contributed by atoms with Gasteiger partial charge in [-0.1, -0.05) is 32.9 Å². The first-order valence-electron chi connectivity index (χ1n) is 13.0. The van der Waals surface area contributed by atoms with Gasteiger partial charge in [-0.25, -0.2) is 4.98 Å². The number of hydrogen-bond donors (Lipinski definition) is 2. The van der Waals surface area contributed by atoms with Crippen molar-refractivity contribution in [3.63, 3.8) is 0 Å². The van der Waals surface area contributed by atoms with Crippen LogP contribution < -0.4 is 15.5 Å². The second kappa shape index (κ2) is 12.1. The largest absolute Gasteiger partial charge is 0.368 e. The summed E-state index contributed by atoms with van der Waals surface area (Å²) in [4.78, 5) is 47.7. The van der Waals surface area contributed by atoms with Crippen molar-refractivity contribution < 1.29 is 19.1 Å². The first kappa shape index (κ1) is 27.2. The molecule has 2 aromatic rings. The van der Waals surface area contributed by atoms with Crippen LogP contribution in [0.5, 0.6) is 0 Å². The third-order valence-electron chi connectivity index (χ3n) is 6.90. The number of amides is 2. The summed E-state index contributed by atoms with van der Waals surface area (Å²) in [6.45, 7) is 9.89. The standard InChI is InChI=1S/C27H37N5O4S/c1-5-23-24(22(33)15-36-23)30-26(35)20(14-17(2)3)28-25(34)19-8-6-18(7-9-19)21-16-37-27(29-21)32-12-10-31(4)11-13-32/h6-9,16-17,20,23-24H,5,10-15H2,1-4H3,(H,28,34)(H,30,35). The van der Waals surface area contributed by atoms with Gasteiger partial charge in [0.15, 0.2) is 10.9 Å². The van der Waals surface area contributed by atoms with Crippen LogP contribution in [0.25, 0.3) is 11.3 Å². The molecule has 2 aliphatic heterocycles. The molecule has 9 nitrogen and oxygen atoms in total. The maximum Gasteiger partial charge on any atom is 0.251 e. The van der Waals surface area contributed by atoms with Gasteiger partial charge < -0.3 is 25.2 Å². The van der Waals surface area contributed by atoms with E-state index in [0.29, 0.717) is 18.4 Å². The van der Waals surface area contributed by atoms with Crippen LogP contribution in [0.2, 0.25) is 0 Å². The average molecular weight is 528 g/mol. The normalized spacial score (nSPS) is 21.3. The number of Topliss-reactive ketones (excluding diaryl/α,β-unsaturated/α-hetero) is 1. The first-order chi connectivity index (χ1) is 17.7. The highest BCUT2D eigenvalue weighted by molar-refractivity contribution is 7.14. The summed E-state index contributed by atoms with van der Waals surface area (Å²) in [6, 6.07) is 5.86. The average Bonchev–Trinajstić information content (AvgIpc) is 3.51. The van der Waals surface area contributed by atoms with Crippen LogP contribution in [-0.2, 0) is 14.3 Å². The summed E-state index contributed by atoms with van der Waals surface area (Å²) >= 11 is 1.63. The number of aromatic nitrogens is 1. The number of carbonyl (C=O) groups excluding carboxylic acids is 3. The van der Waals surface area contributed by atoms with Crippen LogP contribution >= 0.6 is 11.3 Å². The number of nitrogens with one attached hydrogen (secondary N) is 2. The maximum atomic E-state index is 13.1. The Kier molecular flexibility index (Phi) is 8.94. The molecule has 3 atom stereocenters. The molecule has 3 unspecified atom stereocenters. The van der Waals surface area contributed by atoms with Crippen LogP contribution in [0.1, 0.15) is 44.0 Å². The van der Waals surface area contributed by atoms with E-state index >= 15 is 0 Å². The van der Waals surface area contributed by atoms with Crippen molar-refractivity contribution >= 4 is 34.1 Å². The molecule has 4 rings (SSSR count). The number of anilines is 1. The number of hydrogen-bond acceptors (Lipinski definition) is 8. The van der Waals surface area contributed by atoms with E-state index in [4.69, 9.17) is 9.72 Å². The van der Waals surface area contributed by atoms with Crippen molar-refractivity contribution in [2.45, 2.75) is 51.8 Å². The van der Waals surface area contributed by atoms with Gasteiger partial charge in [-0.15, -0.1) is 11.3 Å². The summed E-state index contributed by atoms with van der Waals surface area (Å²) < 4.78 is 5.47. The molecule has 1 aromatic heterocycles. The predicted octanol–water partition coefficient (Wildman–Crippen LogP) is 2.57. The van der Waals surface area contributed by atoms with Gasteiger partial charge in [0.2, 0.25) is 5.91 Å². The number of ether oxygens (including phenoxy) is 1. The number of likely N-dealkylation sites (N-methyl/N-ethyl adjacent to an activating group) is 1. The van der Waals surface area contributed by atoms with Gasteiger partial charge in [-0.2, -0.15) is 0 Å². The zero-order valence-corrected chi connectivity index (χ0v) is 22.8. The number of ketones is 1. The smallest absolute Gasteiger partial charge is 0.251 e. The van der Waals surface area contributed by atoms with Crippen LogP contribution in [0, 0.1) is 5.92 Å². The van der Waals surface area contributed by atoms with Gasteiger partial charge in [0.25, 0.3) is 5.91 Å². The van der Waals surface area contributed by atoms with E-state index in [2.05, 4.69) is 27.5 Å². The van der Waals surface area contributed by atoms with Gasteiger partial charge in [-0.3, -0.25) is 14.4 Å². The van der Waals surface area contributed by atoms with Crippen molar-refractivity contribution in [3.05, 3.63) is 35.2 Å². The lowest BCUT2D eigenvalue weighted by atomic mass is 10.0. The number of piperazine rings is 1. The highest BCUT2D eigenvalue weighted by Gasteiger charge is 2.37. The Bertz CT molecular complexity index is 1090. The predicted molar refractivity (Wildman–Crippen MR) is 145 cm³/mol. The third-order valence-corrected chi connectivity index (χ3v) is 7.80. The summed E-state index contributed by atoms with van der Waals surface area (Å²) in [5, 5.41) is 8.74. The zero-order valence-electron chi connectivity index (χ0n) is 22.0. The Balaban J connectivity index is 1.40. The van der Waals surface area contributed by atoms with Crippen molar-refractivity contribution in [3.8, 4) is 11.3 Å². The number of nitrogens with zero attached hydrogens (tertiary/aromatic N) is 3. The first-order valence-corrected chi connectivity index (χ1v) is 13.9. The van der Waals surface area contributed by atoms with Crippen LogP contribution in [0.3, 0.4) is 0 Å². The van der Waals surface area contributed by atoms with Gasteiger partial charge >= 0.3 is 0 Å². The minimum absolute atomic E-state index is 0.00681. The lowest BCUT2D eigenvalue weighted by Crippen LogP contribution is -2.53. The summed E-state index contributed by atoms with van der Waals surface area (Å²) in [6.07, 6.45) is 0.754. The molecule has 2 N–H and O–H groups in total. The second-order valence-electron chi connectivity index (χ2n) is 10.2. The molecule has 2 fully saturated rings. The van der Waals surface area contributed by atoms with E-state index in [1.165, 1.54) is 0 Å². The molecular formula is C27H37N5O4S. The fourth-order valence-electron chi connectivity index (χ4n) is 4.64. The molecule has 3 heterocycles. The molecule has 0 spiro atoms. The molecule has 10 heteroatoms. The van der Waals surface area contributed by atoms with Crippen molar-refractivity contribution in [2.24, 2.45) is 5.92 Å². The monoisotopic (exact) mass is 527 g/mol. The van der Waals surface area contributed by atoms with E-state index in [1.54, 1.807) is 23.5 Å². The van der Waals surface area contributed by atoms with Crippen LogP contribution in [0.4, 0.5) is 5.13 Å². The fourth-order valence-corrected chi connectivity index (χ4v) is 5.53. The lowest BCUT2D eigenvalue weighted by Gasteiger charge is -2.32. The molecule has 2 aliphatic rings. The maximum absolute atomic E-state index is 13.1. The van der Waals surface area contributed by atoms with Crippen molar-refractivity contribution in [1.82, 2.24) is 20.5 Å². The number of benzene rings is 1. The summed E-state index contributed by atoms with van der Waals surface area (Å²) in [5.74, 6) is -0.650. The Morgan fingerprint density at radius 2 is 1.86 bits per heavy atom. The molecular weight excluding hydrogens is 490 g/mol. The van der Waals surface area contributed by atoms with Crippen molar-refractivity contribution in [1.29, 1.82) is 0 Å². The van der Waals surface area contributed by atoms with Crippen LogP contribution in [-0.4, -0.2) is 85.5 Å². The molecule has 200 valence electrons. The fraction of sp³-hybridized carbons (Fsp3) is 0.556. The van der Waals surface area contributed by atoms with Gasteiger partial charge in [0.05, 0.1) is 11.8 Å². The molecule has 0 radical (unpaired) electrons. The molecule has 2 saturated heterocycles. The minimum Gasteiger partial charge on any atom is -0.368 e. The Morgan fingerprint density at radius 1 is 1.16 bits per heavy atom. The molecule has 2 amide bonds. The van der Waals surface area contributed by atoms with Crippen molar-refractivity contribution in [2.75, 3.05) is 44.7 Å². The number of thiazole rings is 1. The molecule has 0 saturated carbocycles. The third kappa shape index (κ3) is 6.74. The highest BCUT2D eigenvalue weighted by atomic mass is 32.1. The molecule has 0 aliphatic carbocycles. The zero-order chi connectivity index (χ0) is 26.5. The SMILES string of the molecule is CCC1OCC(=O)C1NC(=O)C(CC(C)C)NC(=O)c1ccc(-c2csc(N3CCN(C)CC3)n2)cc1. The lowest BCUT2D eigenvalue weighted by molar-refractivity contribution is -0.127. The number of rotatable bonds is 9. The molecule has 1 aromatic carbocycles. The minimum atomic E-state index is -0.747. The van der Waals surface area contributed by atoms with E-state index in [0.717, 1.165) is 42.6 Å². The topological polar surface area (TPSA) is 104 Å². The van der Waals surface area contributed by atoms with E-state index in [9.17, 15) is 14.4 Å². The van der Waals surface area contributed by atoms with Crippen LogP contribution in [0.15, 0.2) is 29.6 Å². The van der Waals surface area contributed by atoms with E-state index in [-0.39, 0.29) is 36.2 Å². The second-order valence-corrected chi connectivity index (χ2v) is 11.1. The highest BCUT2D eigenvalue weighted by Crippen LogP contribution is 2.28. The van der Waals surface area contributed by atoms with Gasteiger partial charge in [0.1, 0.15) is 18.7 Å². The Morgan fingerprint density at radius 3 is 2.51 bits per heavy atom. The number of carbonyl (C=O) groups is 3. The van der Waals surface area contributed by atoms with Gasteiger partial charge in [-0.05, 0) is 37.9 Å². The molecule has 37 heavy (non-hydrogen) atoms. The van der Waals surface area contributed by atoms with Gasteiger partial charge in [0, 0.05) is 42.7 Å². The molecule has 0 bridgehead atoms. The Labute approximate surface area is 222 Å². The summed E-state index contributed by atoms with van der Waals surface area (Å²) in [7, 11) is 2.13. The summed E-state index contributed by atoms with van der Waals surface area (Å²) in [5.41, 5.74) is 2.29. The Hall–Kier alpha value is -2.82. The van der Waals surface area contributed by atoms with E-state index < -0.39 is 12.1 Å². The quantitative estimate of drug-likeness (QED) is 0.517. The van der Waals surface area contributed by atoms with E-state index in [1.807, 2.05) is 38.3 Å².